The minimum atomic E-state index is -5.17. The summed E-state index contributed by atoms with van der Waals surface area (Å²) in [6.07, 6.45) is 7.50. The maximum Gasteiger partial charge on any atom is 0.501 e. The molecule has 0 radical (unpaired) electrons. The summed E-state index contributed by atoms with van der Waals surface area (Å²) in [7, 11) is -5.17. The van der Waals surface area contributed by atoms with Crippen LogP contribution in [0.3, 0.4) is 0 Å². The van der Waals surface area contributed by atoms with E-state index in [2.05, 4.69) is 13.8 Å². The Hall–Kier alpha value is -3.03. The van der Waals surface area contributed by atoms with Crippen LogP contribution in [0.5, 0.6) is 0 Å². The molecule has 2 rings (SSSR count). The number of aromatic nitrogens is 2. The van der Waals surface area contributed by atoms with Crippen LogP contribution in [0, 0.1) is 20.2 Å². The molecule has 0 aliphatic rings. The monoisotopic (exact) mass is 458 g/mol. The van der Waals surface area contributed by atoms with Crippen LogP contribution in [0.1, 0.15) is 39.5 Å². The second-order valence-corrected chi connectivity index (χ2v) is 6.95. The van der Waals surface area contributed by atoms with Crippen molar-refractivity contribution in [1.82, 2.24) is 0 Å². The van der Waals surface area contributed by atoms with Crippen LogP contribution in [0.15, 0.2) is 48.8 Å². The minimum Gasteiger partial charge on any atom is -0.759 e. The lowest BCUT2D eigenvalue weighted by molar-refractivity contribution is -0.736. The molecule has 2 aromatic heterocycles. The van der Waals surface area contributed by atoms with E-state index in [1.807, 2.05) is 12.1 Å². The molecule has 0 amide bonds. The van der Waals surface area contributed by atoms with Gasteiger partial charge in [0.25, 0.3) is 0 Å². The lowest BCUT2D eigenvalue weighted by atomic mass is 10.3. The van der Waals surface area contributed by atoms with E-state index >= 15 is 0 Å². The fraction of sp³-hybridized carbons (Fsp3) is 0.444. The number of pyridine rings is 2. The van der Waals surface area contributed by atoms with Gasteiger partial charge in [0.05, 0.1) is 12.1 Å². The minimum absolute atomic E-state index is 0.163. The molecule has 0 fully saturated rings. The summed E-state index contributed by atoms with van der Waals surface area (Å²) in [5.74, 6) is 0.326. The zero-order valence-electron chi connectivity index (χ0n) is 17.3. The standard InChI is InChI=1S/2C9H13N2O2.H2O4S/c2*1-2-3-7-10-8-5-4-6-9(10)11(12)13;1-5(2,3)4/h2*4-6,8H,2-3,7H2,1H3;(H2,1,2,3,4)/q2*+1;/p-2. The van der Waals surface area contributed by atoms with Gasteiger partial charge in [-0.15, -0.1) is 9.13 Å². The van der Waals surface area contributed by atoms with E-state index in [1.165, 1.54) is 12.1 Å². The van der Waals surface area contributed by atoms with Crippen molar-refractivity contribution in [2.24, 2.45) is 0 Å². The number of hydrogen-bond donors (Lipinski definition) is 0. The van der Waals surface area contributed by atoms with E-state index in [9.17, 15) is 20.2 Å². The Labute approximate surface area is 180 Å². The smallest absolute Gasteiger partial charge is 0.501 e. The van der Waals surface area contributed by atoms with Crippen molar-refractivity contribution in [3.8, 4) is 0 Å². The van der Waals surface area contributed by atoms with E-state index in [0.717, 1.165) is 25.7 Å². The highest BCUT2D eigenvalue weighted by Crippen LogP contribution is 2.03. The van der Waals surface area contributed by atoms with Crippen molar-refractivity contribution < 1.29 is 36.5 Å². The maximum atomic E-state index is 10.6. The van der Waals surface area contributed by atoms with Gasteiger partial charge < -0.3 is 9.11 Å². The van der Waals surface area contributed by atoms with E-state index in [-0.39, 0.29) is 21.5 Å². The molecule has 31 heavy (non-hydrogen) atoms. The van der Waals surface area contributed by atoms with Crippen LogP contribution in [-0.4, -0.2) is 27.4 Å². The maximum absolute atomic E-state index is 10.6. The molecule has 0 aliphatic heterocycles. The number of unbranched alkanes of at least 4 members (excludes halogenated alkanes) is 2. The van der Waals surface area contributed by atoms with Gasteiger partial charge in [-0.1, -0.05) is 26.7 Å². The molecule has 0 aromatic carbocycles. The molecule has 13 heteroatoms. The largest absolute Gasteiger partial charge is 0.759 e. The zero-order valence-corrected chi connectivity index (χ0v) is 18.1. The molecule has 0 unspecified atom stereocenters. The van der Waals surface area contributed by atoms with Gasteiger partial charge in [0.1, 0.15) is 9.85 Å². The molecule has 172 valence electrons. The molecule has 0 spiro atoms. The van der Waals surface area contributed by atoms with Crippen molar-refractivity contribution in [1.29, 1.82) is 0 Å². The average molecular weight is 458 g/mol. The van der Waals surface area contributed by atoms with E-state index in [0.29, 0.717) is 13.1 Å². The first-order valence-corrected chi connectivity index (χ1v) is 10.8. The average Bonchev–Trinajstić information content (AvgIpc) is 2.70. The van der Waals surface area contributed by atoms with Crippen molar-refractivity contribution >= 4 is 22.0 Å². The van der Waals surface area contributed by atoms with Gasteiger partial charge in [-0.25, -0.2) is 0 Å². The summed E-state index contributed by atoms with van der Waals surface area (Å²) in [6.45, 7) is 5.56. The first-order chi connectivity index (χ1) is 14.5. The molecule has 2 heterocycles. The van der Waals surface area contributed by atoms with E-state index in [4.69, 9.17) is 17.5 Å². The number of aryl methyl sites for hydroxylation is 2. The van der Waals surface area contributed by atoms with Crippen molar-refractivity contribution in [3.05, 3.63) is 69.0 Å². The van der Waals surface area contributed by atoms with Gasteiger partial charge in [0.2, 0.25) is 0 Å². The van der Waals surface area contributed by atoms with E-state index < -0.39 is 10.4 Å². The van der Waals surface area contributed by atoms with Crippen molar-refractivity contribution in [3.63, 3.8) is 0 Å². The van der Waals surface area contributed by atoms with E-state index in [1.54, 1.807) is 33.7 Å². The molecule has 0 atom stereocenters. The Morgan fingerprint density at radius 2 is 1.10 bits per heavy atom. The van der Waals surface area contributed by atoms with Crippen LogP contribution < -0.4 is 9.13 Å². The lowest BCUT2D eigenvalue weighted by Crippen LogP contribution is -2.35. The lowest BCUT2D eigenvalue weighted by Gasteiger charge is -2.06. The fourth-order valence-electron chi connectivity index (χ4n) is 2.30. The Balaban J connectivity index is 0.000000479. The second-order valence-electron chi connectivity index (χ2n) is 6.13. The van der Waals surface area contributed by atoms with Gasteiger partial charge in [0, 0.05) is 35.4 Å². The summed E-state index contributed by atoms with van der Waals surface area (Å²) in [5, 5.41) is 21.1. The second kappa shape index (κ2) is 14.9. The Morgan fingerprint density at radius 1 is 0.774 bits per heavy atom. The summed E-state index contributed by atoms with van der Waals surface area (Å²) in [5.41, 5.74) is 0. The normalized spacial score (nSPS) is 10.2. The Bertz CT molecular complexity index is 868. The molecular weight excluding hydrogens is 432 g/mol. The van der Waals surface area contributed by atoms with Crippen LogP contribution in [-0.2, 0) is 23.5 Å². The topological polar surface area (TPSA) is 174 Å². The highest BCUT2D eigenvalue weighted by Gasteiger charge is 2.20. The predicted molar refractivity (Wildman–Crippen MR) is 107 cm³/mol. The third-order valence-corrected chi connectivity index (χ3v) is 3.71. The number of nitrogens with zero attached hydrogens (tertiary/aromatic N) is 4. The first-order valence-electron chi connectivity index (χ1n) is 9.43. The van der Waals surface area contributed by atoms with Gasteiger partial charge >= 0.3 is 11.6 Å². The highest BCUT2D eigenvalue weighted by molar-refractivity contribution is 7.79. The Kier molecular flexibility index (Phi) is 13.4. The number of hydrogen-bond acceptors (Lipinski definition) is 8. The van der Waals surface area contributed by atoms with Crippen LogP contribution in [0.2, 0.25) is 0 Å². The molecular formula is C18H26N4O8S. The van der Waals surface area contributed by atoms with Gasteiger partial charge in [0.15, 0.2) is 25.5 Å². The van der Waals surface area contributed by atoms with Gasteiger partial charge in [-0.2, -0.15) is 0 Å². The molecule has 0 bridgehead atoms. The van der Waals surface area contributed by atoms with Crippen molar-refractivity contribution in [2.45, 2.75) is 52.6 Å². The molecule has 2 aromatic rings. The SMILES string of the molecule is CCCC[n+]1ccccc1[N+](=O)[O-].CCCC[n+]1ccccc1[N+](=O)[O-].O=S(=O)([O-])[O-]. The molecule has 0 saturated carbocycles. The third kappa shape index (κ3) is 13.8. The summed E-state index contributed by atoms with van der Waals surface area (Å²) >= 11 is 0. The summed E-state index contributed by atoms with van der Waals surface area (Å²) < 4.78 is 37.4. The zero-order chi connectivity index (χ0) is 23.9. The summed E-state index contributed by atoms with van der Waals surface area (Å²) in [6, 6.07) is 10.0. The number of rotatable bonds is 8. The molecule has 0 N–H and O–H groups in total. The fourth-order valence-corrected chi connectivity index (χ4v) is 2.30. The van der Waals surface area contributed by atoms with Crippen LogP contribution >= 0.6 is 0 Å². The van der Waals surface area contributed by atoms with Crippen LogP contribution in [0.4, 0.5) is 11.6 Å². The summed E-state index contributed by atoms with van der Waals surface area (Å²) in [4.78, 5) is 20.4. The molecule has 0 aliphatic carbocycles. The predicted octanol–water partition coefficient (Wildman–Crippen LogP) is 2.03. The number of nitro groups is 2. The highest BCUT2D eigenvalue weighted by atomic mass is 32.3. The first kappa shape index (κ1) is 28.0. The third-order valence-electron chi connectivity index (χ3n) is 3.71. The van der Waals surface area contributed by atoms with Crippen LogP contribution in [0.25, 0.3) is 0 Å². The molecule has 0 saturated heterocycles. The molecule has 12 nitrogen and oxygen atoms in total. The van der Waals surface area contributed by atoms with Crippen molar-refractivity contribution in [2.75, 3.05) is 0 Å². The van der Waals surface area contributed by atoms with Gasteiger partial charge in [-0.3, -0.25) is 28.6 Å². The quantitative estimate of drug-likeness (QED) is 0.190. The Morgan fingerprint density at radius 3 is 1.35 bits per heavy atom. The van der Waals surface area contributed by atoms with Gasteiger partial charge in [-0.05, 0) is 12.1 Å².